The van der Waals surface area contributed by atoms with Crippen LogP contribution in [0.15, 0.2) is 36.9 Å². The molecule has 0 radical (unpaired) electrons. The average Bonchev–Trinajstić information content (AvgIpc) is 2.20. The number of nitrogens with zero attached hydrogens (tertiary/aromatic N) is 2. The smallest absolute Gasteiger partial charge is 0.215 e. The first-order valence-corrected chi connectivity index (χ1v) is 4.88. The minimum absolute atomic E-state index is 0. The topological polar surface area (TPSA) is 39.9 Å². The van der Waals surface area contributed by atoms with E-state index in [2.05, 4.69) is 37.5 Å². The summed E-state index contributed by atoms with van der Waals surface area (Å²) in [6, 6.07) is 5.93. The molecule has 0 aromatic carbocycles. The molecule has 14 heavy (non-hydrogen) atoms. The van der Waals surface area contributed by atoms with E-state index in [1.165, 1.54) is 0 Å². The predicted molar refractivity (Wildman–Crippen MR) is 56.7 cm³/mol. The third kappa shape index (κ3) is 2.59. The first-order chi connectivity index (χ1) is 6.38. The second-order valence-corrected chi connectivity index (χ2v) is 3.53. The molecule has 1 N–H and O–H groups in total. The Morgan fingerprint density at radius 2 is 2.14 bits per heavy atom. The van der Waals surface area contributed by atoms with Crippen molar-refractivity contribution >= 4 is 22.6 Å². The summed E-state index contributed by atoms with van der Waals surface area (Å²) in [6.45, 7) is 0. The summed E-state index contributed by atoms with van der Waals surface area (Å²) >= 11 is 2.19. The minimum atomic E-state index is 0. The van der Waals surface area contributed by atoms with E-state index in [4.69, 9.17) is 0 Å². The number of hydrogen-bond acceptors (Lipinski definition) is 2. The number of aromatic nitrogens is 3. The van der Waals surface area contributed by atoms with Gasteiger partial charge in [0.05, 0.1) is 5.56 Å². The zero-order valence-electron chi connectivity index (χ0n) is 7.11. The fourth-order valence-electron chi connectivity index (χ4n) is 1.06. The highest BCUT2D eigenvalue weighted by atomic mass is 127. The molecule has 0 aliphatic carbocycles. The average molecular weight is 411 g/mol. The molecule has 0 unspecified atom stereocenters. The Labute approximate surface area is 113 Å². The van der Waals surface area contributed by atoms with Crippen LogP contribution in [0.5, 0.6) is 0 Å². The van der Waals surface area contributed by atoms with Crippen LogP contribution < -0.4 is 29.0 Å². The molecular formula is C9H7I2N3. The van der Waals surface area contributed by atoms with Gasteiger partial charge in [0.15, 0.2) is 6.20 Å². The summed E-state index contributed by atoms with van der Waals surface area (Å²) in [7, 11) is 0. The molecule has 5 heteroatoms. The summed E-state index contributed by atoms with van der Waals surface area (Å²) in [4.78, 5) is 11.2. The highest BCUT2D eigenvalue weighted by molar-refractivity contribution is 14.1. The maximum absolute atomic E-state index is 4.11. The molecule has 2 aromatic rings. The molecule has 2 heterocycles. The van der Waals surface area contributed by atoms with Gasteiger partial charge in [0.2, 0.25) is 5.69 Å². The number of halogens is 2. The van der Waals surface area contributed by atoms with E-state index in [0.29, 0.717) is 0 Å². The van der Waals surface area contributed by atoms with Crippen molar-refractivity contribution in [2.75, 3.05) is 0 Å². The summed E-state index contributed by atoms with van der Waals surface area (Å²) in [5, 5.41) is 0. The van der Waals surface area contributed by atoms with Crippen molar-refractivity contribution in [2.24, 2.45) is 0 Å². The molecule has 2 aromatic heterocycles. The van der Waals surface area contributed by atoms with Gasteiger partial charge < -0.3 is 24.0 Å². The lowest BCUT2D eigenvalue weighted by Gasteiger charge is -1.95. The van der Waals surface area contributed by atoms with Gasteiger partial charge in [0, 0.05) is 18.3 Å². The highest BCUT2D eigenvalue weighted by Gasteiger charge is 2.08. The minimum Gasteiger partial charge on any atom is -1.00 e. The number of rotatable bonds is 1. The largest absolute Gasteiger partial charge is 1.00 e. The van der Waals surface area contributed by atoms with Crippen LogP contribution in [-0.4, -0.2) is 9.97 Å². The number of H-pyrrole nitrogens is 1. The third-order valence-electron chi connectivity index (χ3n) is 1.66. The van der Waals surface area contributed by atoms with Gasteiger partial charge in [0.1, 0.15) is 10.0 Å². The molecule has 2 rings (SSSR count). The summed E-state index contributed by atoms with van der Waals surface area (Å²) in [5.41, 5.74) is 2.07. The van der Waals surface area contributed by atoms with Crippen LogP contribution in [0.4, 0.5) is 0 Å². The van der Waals surface area contributed by atoms with Crippen molar-refractivity contribution in [3.63, 3.8) is 0 Å². The number of pyridine rings is 1. The van der Waals surface area contributed by atoms with Gasteiger partial charge in [-0.05, 0) is 28.7 Å². The Morgan fingerprint density at radius 3 is 2.79 bits per heavy atom. The first-order valence-electron chi connectivity index (χ1n) is 3.80. The number of nitrogens with one attached hydrogen (secondary N) is 1. The van der Waals surface area contributed by atoms with Gasteiger partial charge in [-0.3, -0.25) is 0 Å². The van der Waals surface area contributed by atoms with E-state index < -0.39 is 0 Å². The van der Waals surface area contributed by atoms with Crippen LogP contribution in [0, 0.1) is 3.70 Å². The van der Waals surface area contributed by atoms with Crippen molar-refractivity contribution in [1.29, 1.82) is 0 Å². The molecular weight excluding hydrogens is 404 g/mol. The fourth-order valence-corrected chi connectivity index (χ4v) is 1.61. The van der Waals surface area contributed by atoms with Gasteiger partial charge in [-0.15, -0.1) is 0 Å². The monoisotopic (exact) mass is 411 g/mol. The first kappa shape index (κ1) is 11.8. The Hall–Kier alpha value is -0.310. The van der Waals surface area contributed by atoms with Crippen molar-refractivity contribution < 1.29 is 29.0 Å². The second-order valence-electron chi connectivity index (χ2n) is 2.50. The Morgan fingerprint density at radius 1 is 1.29 bits per heavy atom. The molecule has 0 aliphatic heterocycles. The summed E-state index contributed by atoms with van der Waals surface area (Å²) in [6.07, 6.45) is 5.24. The van der Waals surface area contributed by atoms with Gasteiger partial charge in [-0.25, -0.2) is 15.0 Å². The molecule has 0 fully saturated rings. The zero-order chi connectivity index (χ0) is 9.10. The molecule has 3 nitrogen and oxygen atoms in total. The molecule has 0 saturated carbocycles. The lowest BCUT2D eigenvalue weighted by atomic mass is 10.2. The quantitative estimate of drug-likeness (QED) is 0.427. The lowest BCUT2D eigenvalue weighted by Crippen LogP contribution is -3.00. The van der Waals surface area contributed by atoms with Crippen LogP contribution in [0.25, 0.3) is 11.3 Å². The number of hydrogen-bond donors (Lipinski definition) is 0. The maximum Gasteiger partial charge on any atom is 0.215 e. The molecule has 72 valence electrons. The van der Waals surface area contributed by atoms with Crippen molar-refractivity contribution in [3.05, 3.63) is 40.6 Å². The Bertz CT molecular complexity index is 406. The van der Waals surface area contributed by atoms with E-state index in [1.54, 1.807) is 12.5 Å². The van der Waals surface area contributed by atoms with Crippen LogP contribution in [0.2, 0.25) is 0 Å². The van der Waals surface area contributed by atoms with E-state index in [9.17, 15) is 0 Å². The van der Waals surface area contributed by atoms with Crippen molar-refractivity contribution in [2.45, 2.75) is 0 Å². The summed E-state index contributed by atoms with van der Waals surface area (Å²) in [5.74, 6) is 0. The van der Waals surface area contributed by atoms with Gasteiger partial charge in [0.25, 0.3) is 0 Å². The SMILES string of the molecule is Ic1ncncc1-c1cccc[nH+]1.[I-]. The molecule has 0 bridgehead atoms. The van der Waals surface area contributed by atoms with Gasteiger partial charge in [-0.2, -0.15) is 0 Å². The summed E-state index contributed by atoms with van der Waals surface area (Å²) < 4.78 is 0.954. The predicted octanol–water partition coefficient (Wildman–Crippen LogP) is -1.43. The van der Waals surface area contributed by atoms with Crippen LogP contribution >= 0.6 is 22.6 Å². The Kier molecular flexibility index (Phi) is 4.66. The van der Waals surface area contributed by atoms with E-state index in [-0.39, 0.29) is 24.0 Å². The lowest BCUT2D eigenvalue weighted by molar-refractivity contribution is -0.364. The molecule has 0 atom stereocenters. The van der Waals surface area contributed by atoms with Crippen molar-refractivity contribution in [1.82, 2.24) is 9.97 Å². The van der Waals surface area contributed by atoms with E-state index >= 15 is 0 Å². The normalized spacial score (nSPS) is 9.21. The Balaban J connectivity index is 0.000000980. The fraction of sp³-hybridized carbons (Fsp3) is 0. The van der Waals surface area contributed by atoms with Crippen LogP contribution in [0.3, 0.4) is 0 Å². The second kappa shape index (κ2) is 5.54. The van der Waals surface area contributed by atoms with Gasteiger partial charge >= 0.3 is 0 Å². The highest BCUT2D eigenvalue weighted by Crippen LogP contribution is 2.17. The van der Waals surface area contributed by atoms with Crippen LogP contribution in [0.1, 0.15) is 0 Å². The number of aromatic amines is 1. The molecule has 0 saturated heterocycles. The molecule has 0 aliphatic rings. The molecule has 0 spiro atoms. The van der Waals surface area contributed by atoms with Gasteiger partial charge in [-0.1, -0.05) is 0 Å². The van der Waals surface area contributed by atoms with E-state index in [0.717, 1.165) is 15.0 Å². The zero-order valence-corrected chi connectivity index (χ0v) is 11.4. The standard InChI is InChI=1S/C9H6IN3.HI/c10-9-7(5-11-6-13-9)8-3-1-2-4-12-8;/h1-6H;1H. The van der Waals surface area contributed by atoms with E-state index in [1.807, 2.05) is 24.4 Å². The van der Waals surface area contributed by atoms with Crippen molar-refractivity contribution in [3.8, 4) is 11.3 Å². The van der Waals surface area contributed by atoms with Crippen LogP contribution in [-0.2, 0) is 0 Å². The third-order valence-corrected chi connectivity index (χ3v) is 2.52. The molecule has 0 amide bonds. The maximum atomic E-state index is 4.11.